The van der Waals surface area contributed by atoms with Gasteiger partial charge in [-0.1, -0.05) is 45.8 Å². The minimum absolute atomic E-state index is 0.728. The molecule has 0 bridgehead atoms. The monoisotopic (exact) mass is 195 g/mol. The molecule has 0 radical (unpaired) electrons. The summed E-state index contributed by atoms with van der Waals surface area (Å²) in [6.07, 6.45) is 9.90. The second-order valence-electron chi connectivity index (χ2n) is 4.54. The Bertz CT molecular complexity index is 174. The van der Waals surface area contributed by atoms with Gasteiger partial charge in [-0.05, 0) is 31.2 Å². The maximum Gasteiger partial charge on any atom is 0.0135 e. The van der Waals surface area contributed by atoms with E-state index in [9.17, 15) is 0 Å². The Balaban J connectivity index is 2.49. The zero-order valence-electron chi connectivity index (χ0n) is 9.92. The van der Waals surface area contributed by atoms with Crippen molar-refractivity contribution in [2.45, 2.75) is 52.5 Å². The lowest BCUT2D eigenvalue weighted by atomic mass is 9.78. The van der Waals surface area contributed by atoms with E-state index in [0.717, 1.165) is 24.4 Å². The van der Waals surface area contributed by atoms with Crippen LogP contribution < -0.4 is 5.32 Å². The maximum absolute atomic E-state index is 3.62. The van der Waals surface area contributed by atoms with Crippen molar-refractivity contribution in [2.24, 2.45) is 11.8 Å². The highest BCUT2D eigenvalue weighted by atomic mass is 14.9. The summed E-state index contributed by atoms with van der Waals surface area (Å²) in [6, 6.07) is 0.728. The van der Waals surface area contributed by atoms with E-state index in [1.807, 2.05) is 0 Å². The quantitative estimate of drug-likeness (QED) is 0.663. The van der Waals surface area contributed by atoms with Crippen LogP contribution >= 0.6 is 0 Å². The summed E-state index contributed by atoms with van der Waals surface area (Å²) in [5.74, 6) is 1.73. The lowest BCUT2D eigenvalue weighted by Gasteiger charge is -2.33. The lowest BCUT2D eigenvalue weighted by molar-refractivity contribution is 0.245. The second-order valence-corrected chi connectivity index (χ2v) is 4.54. The van der Waals surface area contributed by atoms with E-state index in [4.69, 9.17) is 0 Å². The first-order valence-corrected chi connectivity index (χ1v) is 6.18. The number of rotatable bonds is 5. The minimum atomic E-state index is 0.728. The Kier molecular flexibility index (Phi) is 5.24. The maximum atomic E-state index is 3.62. The molecule has 1 nitrogen and oxygen atoms in total. The summed E-state index contributed by atoms with van der Waals surface area (Å²) >= 11 is 0. The van der Waals surface area contributed by atoms with Crippen molar-refractivity contribution in [1.29, 1.82) is 0 Å². The highest BCUT2D eigenvalue weighted by Crippen LogP contribution is 2.29. The molecule has 14 heavy (non-hydrogen) atoms. The van der Waals surface area contributed by atoms with Gasteiger partial charge in [0.25, 0.3) is 0 Å². The van der Waals surface area contributed by atoms with Crippen molar-refractivity contribution < 1.29 is 0 Å². The molecule has 0 saturated heterocycles. The summed E-state index contributed by atoms with van der Waals surface area (Å²) in [4.78, 5) is 0. The Hall–Kier alpha value is -0.300. The average molecular weight is 195 g/mol. The van der Waals surface area contributed by atoms with Crippen LogP contribution in [-0.2, 0) is 0 Å². The van der Waals surface area contributed by atoms with E-state index in [1.165, 1.54) is 25.7 Å². The molecule has 0 saturated carbocycles. The first-order chi connectivity index (χ1) is 6.79. The van der Waals surface area contributed by atoms with E-state index in [0.29, 0.717) is 0 Å². The van der Waals surface area contributed by atoms with E-state index < -0.39 is 0 Å². The SMILES string of the molecule is CCC[C@H](C)[C@@H]1CC=CCC1NCC. The molecule has 0 aliphatic heterocycles. The van der Waals surface area contributed by atoms with Gasteiger partial charge in [0, 0.05) is 6.04 Å². The molecule has 82 valence electrons. The highest BCUT2D eigenvalue weighted by molar-refractivity contribution is 4.98. The van der Waals surface area contributed by atoms with Crippen molar-refractivity contribution in [2.75, 3.05) is 6.54 Å². The van der Waals surface area contributed by atoms with Crippen LogP contribution in [0, 0.1) is 11.8 Å². The Morgan fingerprint density at radius 1 is 1.29 bits per heavy atom. The number of allylic oxidation sites excluding steroid dienone is 1. The van der Waals surface area contributed by atoms with Gasteiger partial charge in [0.15, 0.2) is 0 Å². The molecule has 3 atom stereocenters. The van der Waals surface area contributed by atoms with E-state index >= 15 is 0 Å². The molecule has 1 aliphatic carbocycles. The molecule has 1 N–H and O–H groups in total. The van der Waals surface area contributed by atoms with Crippen LogP contribution in [0.25, 0.3) is 0 Å². The summed E-state index contributed by atoms with van der Waals surface area (Å²) in [5.41, 5.74) is 0. The molecule has 0 heterocycles. The van der Waals surface area contributed by atoms with Crippen molar-refractivity contribution >= 4 is 0 Å². The molecular formula is C13H25N. The van der Waals surface area contributed by atoms with E-state index in [1.54, 1.807) is 0 Å². The van der Waals surface area contributed by atoms with Gasteiger partial charge in [-0.2, -0.15) is 0 Å². The molecule has 1 unspecified atom stereocenters. The third-order valence-corrected chi connectivity index (χ3v) is 3.42. The van der Waals surface area contributed by atoms with Crippen LogP contribution in [0.5, 0.6) is 0 Å². The molecule has 0 amide bonds. The van der Waals surface area contributed by atoms with Gasteiger partial charge in [-0.3, -0.25) is 0 Å². The van der Waals surface area contributed by atoms with Gasteiger partial charge in [0.2, 0.25) is 0 Å². The van der Waals surface area contributed by atoms with Gasteiger partial charge < -0.3 is 5.32 Å². The van der Waals surface area contributed by atoms with Crippen molar-refractivity contribution in [3.63, 3.8) is 0 Å². The fraction of sp³-hybridized carbons (Fsp3) is 0.846. The average Bonchev–Trinajstić information content (AvgIpc) is 2.19. The summed E-state index contributed by atoms with van der Waals surface area (Å²) in [7, 11) is 0. The predicted molar refractivity (Wildman–Crippen MR) is 63.4 cm³/mol. The van der Waals surface area contributed by atoms with Gasteiger partial charge in [-0.25, -0.2) is 0 Å². The van der Waals surface area contributed by atoms with Crippen molar-refractivity contribution in [1.82, 2.24) is 5.32 Å². The first kappa shape index (κ1) is 11.8. The van der Waals surface area contributed by atoms with Crippen LogP contribution in [0.3, 0.4) is 0 Å². The fourth-order valence-corrected chi connectivity index (χ4v) is 2.63. The van der Waals surface area contributed by atoms with E-state index in [2.05, 4.69) is 38.2 Å². The highest BCUT2D eigenvalue weighted by Gasteiger charge is 2.25. The largest absolute Gasteiger partial charge is 0.314 e. The smallest absolute Gasteiger partial charge is 0.0135 e. The minimum Gasteiger partial charge on any atom is -0.314 e. The standard InChI is InChI=1S/C13H25N/c1-4-8-11(3)12-9-6-7-10-13(12)14-5-2/h6-7,11-14H,4-5,8-10H2,1-3H3/t11-,12-,13?/m0/s1. The Labute approximate surface area is 89.0 Å². The molecule has 1 heteroatoms. The topological polar surface area (TPSA) is 12.0 Å². The van der Waals surface area contributed by atoms with Crippen LogP contribution in [0.2, 0.25) is 0 Å². The molecule has 0 aromatic heterocycles. The number of hydrogen-bond acceptors (Lipinski definition) is 1. The normalized spacial score (nSPS) is 29.1. The van der Waals surface area contributed by atoms with Crippen LogP contribution in [0.15, 0.2) is 12.2 Å². The molecule has 0 aromatic carbocycles. The molecule has 0 spiro atoms. The third kappa shape index (κ3) is 3.13. The summed E-state index contributed by atoms with van der Waals surface area (Å²) < 4.78 is 0. The predicted octanol–water partition coefficient (Wildman–Crippen LogP) is 3.37. The third-order valence-electron chi connectivity index (χ3n) is 3.42. The zero-order chi connectivity index (χ0) is 10.4. The van der Waals surface area contributed by atoms with Crippen LogP contribution in [0.1, 0.15) is 46.5 Å². The van der Waals surface area contributed by atoms with E-state index in [-0.39, 0.29) is 0 Å². The van der Waals surface area contributed by atoms with Crippen molar-refractivity contribution in [3.05, 3.63) is 12.2 Å². The Morgan fingerprint density at radius 3 is 2.64 bits per heavy atom. The van der Waals surface area contributed by atoms with Gasteiger partial charge in [0.1, 0.15) is 0 Å². The van der Waals surface area contributed by atoms with Gasteiger partial charge in [0.05, 0.1) is 0 Å². The second kappa shape index (κ2) is 6.23. The van der Waals surface area contributed by atoms with Crippen LogP contribution in [0.4, 0.5) is 0 Å². The molecule has 1 aliphatic rings. The molecular weight excluding hydrogens is 170 g/mol. The zero-order valence-corrected chi connectivity index (χ0v) is 9.92. The molecule has 0 fully saturated rings. The van der Waals surface area contributed by atoms with Crippen molar-refractivity contribution in [3.8, 4) is 0 Å². The molecule has 0 aromatic rings. The summed E-state index contributed by atoms with van der Waals surface area (Å²) in [6.45, 7) is 8.02. The number of nitrogens with one attached hydrogen (secondary N) is 1. The molecule has 1 rings (SSSR count). The van der Waals surface area contributed by atoms with Crippen LogP contribution in [-0.4, -0.2) is 12.6 Å². The summed E-state index contributed by atoms with van der Waals surface area (Å²) in [5, 5.41) is 3.62. The Morgan fingerprint density at radius 2 is 2.00 bits per heavy atom. The first-order valence-electron chi connectivity index (χ1n) is 6.18. The lowest BCUT2D eigenvalue weighted by Crippen LogP contribution is -2.40. The number of hydrogen-bond donors (Lipinski definition) is 1. The van der Waals surface area contributed by atoms with Gasteiger partial charge >= 0.3 is 0 Å². The fourth-order valence-electron chi connectivity index (χ4n) is 2.63. The van der Waals surface area contributed by atoms with Gasteiger partial charge in [-0.15, -0.1) is 0 Å².